The van der Waals surface area contributed by atoms with Crippen LogP contribution >= 0.6 is 0 Å². The normalized spacial score (nSPS) is 15.0. The van der Waals surface area contributed by atoms with Crippen molar-refractivity contribution in [2.45, 2.75) is 26.2 Å². The van der Waals surface area contributed by atoms with Gasteiger partial charge in [-0.3, -0.25) is 14.4 Å². The van der Waals surface area contributed by atoms with Crippen LogP contribution in [0.15, 0.2) is 24.3 Å². The van der Waals surface area contributed by atoms with Gasteiger partial charge in [-0.25, -0.2) is 0 Å². The van der Waals surface area contributed by atoms with Crippen molar-refractivity contribution in [1.82, 2.24) is 5.32 Å². The minimum absolute atomic E-state index is 0.0226. The predicted molar refractivity (Wildman–Crippen MR) is 81.3 cm³/mol. The molecule has 6 nitrogen and oxygen atoms in total. The standard InChI is InChI=1S/C16H20N2O4/c1-10(12-4-5-12)16(22)18-13-6-2-11(3-7-13)8-14(19)17-9-15(20)21/h2-3,6-7,10,12H,4-5,8-9H2,1H3,(H,17,19)(H,18,22)(H,20,21). The van der Waals surface area contributed by atoms with Crippen LogP contribution < -0.4 is 10.6 Å². The second kappa shape index (κ2) is 7.06. The van der Waals surface area contributed by atoms with E-state index in [0.717, 1.165) is 18.4 Å². The Hall–Kier alpha value is -2.37. The average molecular weight is 304 g/mol. The molecule has 118 valence electrons. The van der Waals surface area contributed by atoms with Gasteiger partial charge < -0.3 is 15.7 Å². The monoisotopic (exact) mass is 304 g/mol. The summed E-state index contributed by atoms with van der Waals surface area (Å²) in [6.45, 7) is 1.56. The highest BCUT2D eigenvalue weighted by Crippen LogP contribution is 2.37. The molecule has 3 N–H and O–H groups in total. The lowest BCUT2D eigenvalue weighted by atomic mass is 10.1. The molecule has 1 atom stereocenters. The first-order chi connectivity index (χ1) is 10.5. The SMILES string of the molecule is CC(C(=O)Nc1ccc(CC(=O)NCC(=O)O)cc1)C1CC1. The first-order valence-electron chi connectivity index (χ1n) is 7.34. The number of carboxylic acids is 1. The van der Waals surface area contributed by atoms with Gasteiger partial charge in [0, 0.05) is 11.6 Å². The maximum absolute atomic E-state index is 12.0. The zero-order valence-corrected chi connectivity index (χ0v) is 12.5. The van der Waals surface area contributed by atoms with Gasteiger partial charge in [0.1, 0.15) is 6.54 Å². The highest BCUT2D eigenvalue weighted by molar-refractivity contribution is 5.92. The van der Waals surface area contributed by atoms with Gasteiger partial charge in [-0.1, -0.05) is 19.1 Å². The Bertz CT molecular complexity index is 564. The second-order valence-corrected chi connectivity index (χ2v) is 5.66. The third kappa shape index (κ3) is 4.87. The number of benzene rings is 1. The fourth-order valence-corrected chi connectivity index (χ4v) is 2.19. The number of carbonyl (C=O) groups excluding carboxylic acids is 2. The van der Waals surface area contributed by atoms with Gasteiger partial charge in [0.15, 0.2) is 0 Å². The van der Waals surface area contributed by atoms with E-state index in [1.165, 1.54) is 0 Å². The van der Waals surface area contributed by atoms with E-state index in [1.807, 2.05) is 6.92 Å². The number of rotatable bonds is 7. The van der Waals surface area contributed by atoms with Crippen LogP contribution in [0.4, 0.5) is 5.69 Å². The number of hydrogen-bond acceptors (Lipinski definition) is 3. The number of amides is 2. The fourth-order valence-electron chi connectivity index (χ4n) is 2.19. The molecule has 2 rings (SSSR count). The Kier molecular flexibility index (Phi) is 5.14. The molecular formula is C16H20N2O4. The third-order valence-corrected chi connectivity index (χ3v) is 3.77. The van der Waals surface area contributed by atoms with Crippen molar-refractivity contribution in [2.24, 2.45) is 11.8 Å². The highest BCUT2D eigenvalue weighted by atomic mass is 16.4. The predicted octanol–water partition coefficient (Wildman–Crippen LogP) is 1.41. The van der Waals surface area contributed by atoms with E-state index in [9.17, 15) is 14.4 Å². The number of carboxylic acid groups (broad SMARTS) is 1. The molecular weight excluding hydrogens is 284 g/mol. The van der Waals surface area contributed by atoms with Gasteiger partial charge >= 0.3 is 5.97 Å². The number of anilines is 1. The van der Waals surface area contributed by atoms with E-state index < -0.39 is 5.97 Å². The molecule has 1 aromatic carbocycles. The molecule has 6 heteroatoms. The lowest BCUT2D eigenvalue weighted by Crippen LogP contribution is -2.30. The smallest absolute Gasteiger partial charge is 0.322 e. The Labute approximate surface area is 128 Å². The first-order valence-corrected chi connectivity index (χ1v) is 7.34. The first kappa shape index (κ1) is 16.0. The average Bonchev–Trinajstić information content (AvgIpc) is 3.31. The largest absolute Gasteiger partial charge is 0.480 e. The molecule has 0 saturated heterocycles. The third-order valence-electron chi connectivity index (χ3n) is 3.77. The molecule has 0 bridgehead atoms. The van der Waals surface area contributed by atoms with Gasteiger partial charge in [-0.15, -0.1) is 0 Å². The summed E-state index contributed by atoms with van der Waals surface area (Å²) < 4.78 is 0. The van der Waals surface area contributed by atoms with Crippen molar-refractivity contribution in [1.29, 1.82) is 0 Å². The number of nitrogens with one attached hydrogen (secondary N) is 2. The summed E-state index contributed by atoms with van der Waals surface area (Å²) in [5.41, 5.74) is 1.46. The van der Waals surface area contributed by atoms with E-state index in [0.29, 0.717) is 11.6 Å². The summed E-state index contributed by atoms with van der Waals surface area (Å²) in [4.78, 5) is 33.8. The van der Waals surface area contributed by atoms with Crippen LogP contribution in [0.3, 0.4) is 0 Å². The van der Waals surface area contributed by atoms with Crippen molar-refractivity contribution in [2.75, 3.05) is 11.9 Å². The van der Waals surface area contributed by atoms with Crippen LogP contribution in [0.5, 0.6) is 0 Å². The quantitative estimate of drug-likeness (QED) is 0.710. The van der Waals surface area contributed by atoms with Crippen LogP contribution in [0, 0.1) is 11.8 Å². The molecule has 0 aliphatic heterocycles. The lowest BCUT2D eigenvalue weighted by molar-refractivity contribution is -0.137. The molecule has 1 unspecified atom stereocenters. The zero-order chi connectivity index (χ0) is 16.1. The van der Waals surface area contributed by atoms with E-state index in [-0.39, 0.29) is 30.7 Å². The van der Waals surface area contributed by atoms with Gasteiger partial charge in [-0.2, -0.15) is 0 Å². The maximum Gasteiger partial charge on any atom is 0.322 e. The van der Waals surface area contributed by atoms with Crippen molar-refractivity contribution >= 4 is 23.5 Å². The van der Waals surface area contributed by atoms with Crippen molar-refractivity contribution in [3.8, 4) is 0 Å². The summed E-state index contributed by atoms with van der Waals surface area (Å²) in [5.74, 6) is -0.856. The molecule has 0 radical (unpaired) electrons. The van der Waals surface area contributed by atoms with Gasteiger partial charge in [0.25, 0.3) is 0 Å². The second-order valence-electron chi connectivity index (χ2n) is 5.66. The van der Waals surface area contributed by atoms with E-state index in [4.69, 9.17) is 5.11 Å². The summed E-state index contributed by atoms with van der Waals surface area (Å²) >= 11 is 0. The van der Waals surface area contributed by atoms with Crippen LogP contribution in [-0.4, -0.2) is 29.4 Å². The molecule has 22 heavy (non-hydrogen) atoms. The maximum atomic E-state index is 12.0. The van der Waals surface area contributed by atoms with Crippen molar-refractivity contribution < 1.29 is 19.5 Å². The number of hydrogen-bond donors (Lipinski definition) is 3. The Morgan fingerprint density at radius 1 is 1.23 bits per heavy atom. The minimum atomic E-state index is -1.07. The van der Waals surface area contributed by atoms with Crippen LogP contribution in [0.25, 0.3) is 0 Å². The molecule has 1 saturated carbocycles. The van der Waals surface area contributed by atoms with Crippen LogP contribution in [0.1, 0.15) is 25.3 Å². The topological polar surface area (TPSA) is 95.5 Å². The van der Waals surface area contributed by atoms with E-state index in [2.05, 4.69) is 10.6 Å². The molecule has 0 heterocycles. The summed E-state index contributed by atoms with van der Waals surface area (Å²) in [6.07, 6.45) is 2.36. The Morgan fingerprint density at radius 3 is 2.41 bits per heavy atom. The van der Waals surface area contributed by atoms with E-state index in [1.54, 1.807) is 24.3 Å². The minimum Gasteiger partial charge on any atom is -0.480 e. The summed E-state index contributed by atoms with van der Waals surface area (Å²) in [6, 6.07) is 6.99. The van der Waals surface area contributed by atoms with Gasteiger partial charge in [0.2, 0.25) is 11.8 Å². The molecule has 1 aromatic rings. The summed E-state index contributed by atoms with van der Waals surface area (Å²) in [5, 5.41) is 13.7. The van der Waals surface area contributed by atoms with Crippen LogP contribution in [-0.2, 0) is 20.8 Å². The van der Waals surface area contributed by atoms with Gasteiger partial charge in [0.05, 0.1) is 6.42 Å². The number of aliphatic carboxylic acids is 1. The molecule has 1 fully saturated rings. The molecule has 2 amide bonds. The zero-order valence-electron chi connectivity index (χ0n) is 12.5. The van der Waals surface area contributed by atoms with Crippen LogP contribution in [0.2, 0.25) is 0 Å². The molecule has 0 spiro atoms. The van der Waals surface area contributed by atoms with Crippen molar-refractivity contribution in [3.05, 3.63) is 29.8 Å². The van der Waals surface area contributed by atoms with E-state index >= 15 is 0 Å². The number of carbonyl (C=O) groups is 3. The lowest BCUT2D eigenvalue weighted by Gasteiger charge is -2.11. The van der Waals surface area contributed by atoms with Crippen molar-refractivity contribution in [3.63, 3.8) is 0 Å². The Balaban J connectivity index is 1.83. The molecule has 1 aliphatic rings. The Morgan fingerprint density at radius 2 is 1.86 bits per heavy atom. The van der Waals surface area contributed by atoms with Gasteiger partial charge in [-0.05, 0) is 36.5 Å². The fraction of sp³-hybridized carbons (Fsp3) is 0.438. The molecule has 1 aliphatic carbocycles. The summed E-state index contributed by atoms with van der Waals surface area (Å²) in [7, 11) is 0. The molecule has 0 aromatic heterocycles. The highest BCUT2D eigenvalue weighted by Gasteiger charge is 2.32.